The van der Waals surface area contributed by atoms with Gasteiger partial charge in [0.25, 0.3) is 0 Å². The van der Waals surface area contributed by atoms with E-state index < -0.39 is 0 Å². The van der Waals surface area contributed by atoms with Gasteiger partial charge in [0.15, 0.2) is 0 Å². The Morgan fingerprint density at radius 3 is 2.13 bits per heavy atom. The van der Waals surface area contributed by atoms with Crippen LogP contribution >= 0.6 is 23.2 Å². The molecule has 0 unspecified atom stereocenters. The van der Waals surface area contributed by atoms with Gasteiger partial charge < -0.3 is 4.90 Å². The molecule has 0 aromatic heterocycles. The molecule has 0 radical (unpaired) electrons. The maximum absolute atomic E-state index is 5.95. The second-order valence-electron chi connectivity index (χ2n) is 3.08. The van der Waals surface area contributed by atoms with Gasteiger partial charge in [-0.25, -0.2) is 0 Å². The topological polar surface area (TPSA) is 3.24 Å². The number of halogens is 2. The van der Waals surface area contributed by atoms with E-state index in [4.69, 9.17) is 23.2 Å². The molecule has 0 bridgehead atoms. The maximum Gasteiger partial charge on any atom is 0.0612 e. The molecule has 0 saturated carbocycles. The molecule has 0 heterocycles. The molecule has 0 fully saturated rings. The van der Waals surface area contributed by atoms with Gasteiger partial charge in [0.2, 0.25) is 0 Å². The Kier molecular flexibility index (Phi) is 4.73. The third kappa shape index (κ3) is 3.29. The summed E-state index contributed by atoms with van der Waals surface area (Å²) < 4.78 is 0. The van der Waals surface area contributed by atoms with Gasteiger partial charge in [-0.15, -0.1) is 13.2 Å². The van der Waals surface area contributed by atoms with Crippen molar-refractivity contribution in [2.45, 2.75) is 0 Å². The molecule has 0 aliphatic rings. The van der Waals surface area contributed by atoms with Crippen LogP contribution in [0.4, 0.5) is 5.69 Å². The van der Waals surface area contributed by atoms with Crippen molar-refractivity contribution in [2.24, 2.45) is 0 Å². The van der Waals surface area contributed by atoms with E-state index in [1.807, 2.05) is 24.3 Å². The molecular weight excluding hydrogens is 229 g/mol. The van der Waals surface area contributed by atoms with Crippen LogP contribution in [0.15, 0.2) is 43.5 Å². The van der Waals surface area contributed by atoms with Gasteiger partial charge in [0, 0.05) is 18.8 Å². The standard InChI is InChI=1S/C12H13Cl2N/c1-3-7-15(8-4-2)10-5-6-11(13)12(14)9-10/h3-6,9H,1-2,7-8H2. The summed E-state index contributed by atoms with van der Waals surface area (Å²) in [6.07, 6.45) is 3.68. The van der Waals surface area contributed by atoms with Gasteiger partial charge in [0.1, 0.15) is 0 Å². The lowest BCUT2D eigenvalue weighted by Crippen LogP contribution is -2.22. The monoisotopic (exact) mass is 241 g/mol. The van der Waals surface area contributed by atoms with Crippen LogP contribution in [0.2, 0.25) is 10.0 Å². The SMILES string of the molecule is C=CCN(CC=C)c1ccc(Cl)c(Cl)c1. The minimum Gasteiger partial charge on any atom is -0.364 e. The zero-order chi connectivity index (χ0) is 11.3. The van der Waals surface area contributed by atoms with E-state index in [-0.39, 0.29) is 0 Å². The highest BCUT2D eigenvalue weighted by atomic mass is 35.5. The van der Waals surface area contributed by atoms with Crippen molar-refractivity contribution < 1.29 is 0 Å². The molecule has 0 aliphatic heterocycles. The van der Waals surface area contributed by atoms with Gasteiger partial charge in [0.05, 0.1) is 10.0 Å². The smallest absolute Gasteiger partial charge is 0.0612 e. The number of benzene rings is 1. The number of rotatable bonds is 5. The van der Waals surface area contributed by atoms with E-state index in [1.165, 1.54) is 0 Å². The predicted octanol–water partition coefficient (Wildman–Crippen LogP) is 4.17. The van der Waals surface area contributed by atoms with Crippen molar-refractivity contribution in [3.05, 3.63) is 53.6 Å². The van der Waals surface area contributed by atoms with Crippen LogP contribution in [0.3, 0.4) is 0 Å². The molecule has 1 aromatic carbocycles. The molecule has 0 spiro atoms. The van der Waals surface area contributed by atoms with E-state index in [2.05, 4.69) is 18.1 Å². The lowest BCUT2D eigenvalue weighted by molar-refractivity contribution is 0.957. The van der Waals surface area contributed by atoms with E-state index in [9.17, 15) is 0 Å². The average molecular weight is 242 g/mol. The first-order valence-corrected chi connectivity index (χ1v) is 5.36. The van der Waals surface area contributed by atoms with Crippen LogP contribution in [0.5, 0.6) is 0 Å². The number of anilines is 1. The van der Waals surface area contributed by atoms with E-state index in [0.29, 0.717) is 10.0 Å². The van der Waals surface area contributed by atoms with Gasteiger partial charge in [-0.1, -0.05) is 35.4 Å². The summed E-state index contributed by atoms with van der Waals surface area (Å²) in [5, 5.41) is 1.13. The van der Waals surface area contributed by atoms with Crippen molar-refractivity contribution in [1.82, 2.24) is 0 Å². The molecule has 0 aliphatic carbocycles. The molecular formula is C12H13Cl2N. The van der Waals surface area contributed by atoms with Gasteiger partial charge in [-0.3, -0.25) is 0 Å². The van der Waals surface area contributed by atoms with Crippen molar-refractivity contribution in [1.29, 1.82) is 0 Å². The molecule has 0 amide bonds. The zero-order valence-corrected chi connectivity index (χ0v) is 9.93. The number of nitrogens with zero attached hydrogens (tertiary/aromatic N) is 1. The first kappa shape index (κ1) is 12.2. The lowest BCUT2D eigenvalue weighted by atomic mass is 10.2. The summed E-state index contributed by atoms with van der Waals surface area (Å²) in [6, 6.07) is 5.57. The van der Waals surface area contributed by atoms with E-state index >= 15 is 0 Å². The molecule has 3 heteroatoms. The average Bonchev–Trinajstić information content (AvgIpc) is 2.22. The van der Waals surface area contributed by atoms with Gasteiger partial charge in [-0.2, -0.15) is 0 Å². The van der Waals surface area contributed by atoms with Crippen LogP contribution in [0.1, 0.15) is 0 Å². The molecule has 80 valence electrons. The van der Waals surface area contributed by atoms with E-state index in [1.54, 1.807) is 6.07 Å². The molecule has 1 nitrogen and oxygen atoms in total. The molecule has 15 heavy (non-hydrogen) atoms. The van der Waals surface area contributed by atoms with Crippen molar-refractivity contribution >= 4 is 28.9 Å². The predicted molar refractivity (Wildman–Crippen MR) is 69.1 cm³/mol. The molecule has 1 aromatic rings. The Labute approximate surface area is 101 Å². The Balaban J connectivity index is 2.94. The van der Waals surface area contributed by atoms with Crippen LogP contribution in [-0.4, -0.2) is 13.1 Å². The summed E-state index contributed by atoms with van der Waals surface area (Å²) in [6.45, 7) is 8.93. The Bertz CT molecular complexity index is 351. The fraction of sp³-hybridized carbons (Fsp3) is 0.167. The van der Waals surface area contributed by atoms with E-state index in [0.717, 1.165) is 18.8 Å². The molecule has 0 atom stereocenters. The highest BCUT2D eigenvalue weighted by Crippen LogP contribution is 2.27. The largest absolute Gasteiger partial charge is 0.364 e. The molecule has 0 N–H and O–H groups in total. The Morgan fingerprint density at radius 1 is 1.07 bits per heavy atom. The summed E-state index contributed by atoms with van der Waals surface area (Å²) >= 11 is 11.8. The Morgan fingerprint density at radius 2 is 1.67 bits per heavy atom. The second-order valence-corrected chi connectivity index (χ2v) is 3.90. The number of hydrogen-bond donors (Lipinski definition) is 0. The Hall–Kier alpha value is -0.920. The second kappa shape index (κ2) is 5.84. The van der Waals surface area contributed by atoms with Gasteiger partial charge in [-0.05, 0) is 18.2 Å². The lowest BCUT2D eigenvalue weighted by Gasteiger charge is -2.21. The van der Waals surface area contributed by atoms with Crippen molar-refractivity contribution in [3.63, 3.8) is 0 Å². The third-order valence-electron chi connectivity index (χ3n) is 1.97. The summed E-state index contributed by atoms with van der Waals surface area (Å²) in [7, 11) is 0. The van der Waals surface area contributed by atoms with Gasteiger partial charge >= 0.3 is 0 Å². The fourth-order valence-corrected chi connectivity index (χ4v) is 1.57. The van der Waals surface area contributed by atoms with Crippen LogP contribution in [0.25, 0.3) is 0 Å². The normalized spacial score (nSPS) is 9.73. The molecule has 1 rings (SSSR count). The quantitative estimate of drug-likeness (QED) is 0.700. The third-order valence-corrected chi connectivity index (χ3v) is 2.71. The first-order valence-electron chi connectivity index (χ1n) is 4.61. The first-order chi connectivity index (χ1) is 7.19. The highest BCUT2D eigenvalue weighted by molar-refractivity contribution is 6.42. The minimum absolute atomic E-state index is 0.562. The highest BCUT2D eigenvalue weighted by Gasteiger charge is 2.05. The number of hydrogen-bond acceptors (Lipinski definition) is 1. The molecule has 0 saturated heterocycles. The summed E-state index contributed by atoms with van der Waals surface area (Å²) in [5.74, 6) is 0. The van der Waals surface area contributed by atoms with Crippen molar-refractivity contribution in [2.75, 3.05) is 18.0 Å². The zero-order valence-electron chi connectivity index (χ0n) is 8.42. The summed E-state index contributed by atoms with van der Waals surface area (Å²) in [4.78, 5) is 2.10. The summed E-state index contributed by atoms with van der Waals surface area (Å²) in [5.41, 5.74) is 1.02. The maximum atomic E-state index is 5.95. The minimum atomic E-state index is 0.562. The van der Waals surface area contributed by atoms with Crippen LogP contribution < -0.4 is 4.90 Å². The van der Waals surface area contributed by atoms with Crippen LogP contribution in [-0.2, 0) is 0 Å². The van der Waals surface area contributed by atoms with Crippen molar-refractivity contribution in [3.8, 4) is 0 Å². The van der Waals surface area contributed by atoms with Crippen LogP contribution in [0, 0.1) is 0 Å². The fourth-order valence-electron chi connectivity index (χ4n) is 1.28.